The van der Waals surface area contributed by atoms with E-state index >= 15 is 0 Å². The zero-order valence-corrected chi connectivity index (χ0v) is 16.9. The van der Waals surface area contributed by atoms with E-state index in [1.54, 1.807) is 7.11 Å². The fourth-order valence-electron chi connectivity index (χ4n) is 4.17. The summed E-state index contributed by atoms with van der Waals surface area (Å²) in [6.45, 7) is 5.87. The maximum absolute atomic E-state index is 10.5. The lowest BCUT2D eigenvalue weighted by molar-refractivity contribution is 0.0694. The number of pyridine rings is 2. The number of likely N-dealkylation sites (N-methyl/N-ethyl adjacent to an activating group) is 1. The van der Waals surface area contributed by atoms with E-state index in [4.69, 9.17) is 14.7 Å². The van der Waals surface area contributed by atoms with Gasteiger partial charge in [0.15, 0.2) is 5.65 Å². The maximum atomic E-state index is 10.5. The number of aliphatic hydroxyl groups excluding tert-OH is 1. The SMILES string of the molecule is COc1cc(C)cc(C)c1-c1ccc2ccc(C3CN(C)CCC3O)nc2n1. The Morgan fingerprint density at radius 1 is 1.11 bits per heavy atom. The van der Waals surface area contributed by atoms with Crippen LogP contribution in [-0.2, 0) is 0 Å². The molecule has 2 aromatic heterocycles. The van der Waals surface area contributed by atoms with Crippen LogP contribution in [0.25, 0.3) is 22.3 Å². The van der Waals surface area contributed by atoms with Gasteiger partial charge in [-0.3, -0.25) is 0 Å². The Labute approximate surface area is 166 Å². The highest BCUT2D eigenvalue weighted by atomic mass is 16.5. The number of ether oxygens (including phenoxy) is 1. The van der Waals surface area contributed by atoms with E-state index in [9.17, 15) is 5.11 Å². The molecule has 5 nitrogen and oxygen atoms in total. The molecular formula is C23H27N3O2. The van der Waals surface area contributed by atoms with E-state index in [-0.39, 0.29) is 12.0 Å². The van der Waals surface area contributed by atoms with E-state index in [0.29, 0.717) is 5.65 Å². The van der Waals surface area contributed by atoms with Crippen molar-refractivity contribution in [1.29, 1.82) is 0 Å². The highest BCUT2D eigenvalue weighted by Crippen LogP contribution is 2.34. The predicted molar refractivity (Wildman–Crippen MR) is 112 cm³/mol. The molecule has 0 spiro atoms. The van der Waals surface area contributed by atoms with Crippen molar-refractivity contribution >= 4 is 11.0 Å². The quantitative estimate of drug-likeness (QED) is 0.754. The zero-order valence-electron chi connectivity index (χ0n) is 16.9. The van der Waals surface area contributed by atoms with Crippen molar-refractivity contribution in [3.63, 3.8) is 0 Å². The topological polar surface area (TPSA) is 58.5 Å². The van der Waals surface area contributed by atoms with E-state index in [0.717, 1.165) is 58.7 Å². The molecule has 3 heterocycles. The summed E-state index contributed by atoms with van der Waals surface area (Å²) in [7, 11) is 3.78. The van der Waals surface area contributed by atoms with Crippen molar-refractivity contribution in [2.45, 2.75) is 32.3 Å². The maximum Gasteiger partial charge on any atom is 0.160 e. The van der Waals surface area contributed by atoms with E-state index in [1.807, 2.05) is 18.2 Å². The summed E-state index contributed by atoms with van der Waals surface area (Å²) in [5.41, 5.74) is 5.76. The van der Waals surface area contributed by atoms with Crippen molar-refractivity contribution in [3.8, 4) is 17.0 Å². The molecule has 1 saturated heterocycles. The van der Waals surface area contributed by atoms with Gasteiger partial charge in [0, 0.05) is 35.7 Å². The number of aryl methyl sites for hydroxylation is 2. The summed E-state index contributed by atoms with van der Waals surface area (Å²) in [4.78, 5) is 11.9. The number of benzene rings is 1. The van der Waals surface area contributed by atoms with Gasteiger partial charge in [-0.2, -0.15) is 0 Å². The van der Waals surface area contributed by atoms with Crippen LogP contribution in [-0.4, -0.2) is 53.3 Å². The van der Waals surface area contributed by atoms with E-state index in [1.165, 1.54) is 0 Å². The van der Waals surface area contributed by atoms with Gasteiger partial charge in [0.1, 0.15) is 5.75 Å². The van der Waals surface area contributed by atoms with Gasteiger partial charge in [-0.05, 0) is 68.8 Å². The lowest BCUT2D eigenvalue weighted by atomic mass is 9.91. The number of aliphatic hydroxyl groups is 1. The summed E-state index contributed by atoms with van der Waals surface area (Å²) in [6.07, 6.45) is 0.414. The Morgan fingerprint density at radius 3 is 2.68 bits per heavy atom. The van der Waals surface area contributed by atoms with Crippen molar-refractivity contribution < 1.29 is 9.84 Å². The number of fused-ring (bicyclic) bond motifs is 1. The molecule has 5 heteroatoms. The largest absolute Gasteiger partial charge is 0.496 e. The average Bonchev–Trinajstić information content (AvgIpc) is 2.68. The molecule has 0 radical (unpaired) electrons. The molecule has 1 N–H and O–H groups in total. The third-order valence-electron chi connectivity index (χ3n) is 5.65. The second kappa shape index (κ2) is 7.49. The summed E-state index contributed by atoms with van der Waals surface area (Å²) in [5, 5.41) is 11.5. The molecule has 146 valence electrons. The predicted octanol–water partition coefficient (Wildman–Crippen LogP) is 3.70. The standard InChI is InChI=1S/C23H27N3O2/c1-14-11-15(2)22(21(12-14)28-4)19-8-6-16-5-7-18(24-23(16)25-19)17-13-26(3)10-9-20(17)27/h5-8,11-12,17,20,27H,9-10,13H2,1-4H3. The molecule has 28 heavy (non-hydrogen) atoms. The number of hydrogen-bond acceptors (Lipinski definition) is 5. The van der Waals surface area contributed by atoms with Crippen LogP contribution in [0.2, 0.25) is 0 Å². The third kappa shape index (κ3) is 3.48. The van der Waals surface area contributed by atoms with Crippen molar-refractivity contribution in [1.82, 2.24) is 14.9 Å². The van der Waals surface area contributed by atoms with Gasteiger partial charge in [0.05, 0.1) is 18.9 Å². The number of methoxy groups -OCH3 is 1. The van der Waals surface area contributed by atoms with Crippen molar-refractivity contribution in [2.24, 2.45) is 0 Å². The van der Waals surface area contributed by atoms with Crippen LogP contribution in [0, 0.1) is 13.8 Å². The molecule has 1 fully saturated rings. The van der Waals surface area contributed by atoms with E-state index < -0.39 is 0 Å². The van der Waals surface area contributed by atoms with Crippen LogP contribution in [0.1, 0.15) is 29.2 Å². The molecule has 0 bridgehead atoms. The lowest BCUT2D eigenvalue weighted by Gasteiger charge is -2.33. The van der Waals surface area contributed by atoms with Crippen LogP contribution in [0.5, 0.6) is 5.75 Å². The summed E-state index contributed by atoms with van der Waals surface area (Å²) >= 11 is 0. The number of hydrogen-bond donors (Lipinski definition) is 1. The summed E-state index contributed by atoms with van der Waals surface area (Å²) < 4.78 is 5.62. The molecule has 1 aliphatic rings. The normalized spacial score (nSPS) is 20.5. The van der Waals surface area contributed by atoms with Crippen LogP contribution >= 0.6 is 0 Å². The molecular weight excluding hydrogens is 350 g/mol. The van der Waals surface area contributed by atoms with Gasteiger partial charge in [-0.1, -0.05) is 6.07 Å². The first-order valence-electron chi connectivity index (χ1n) is 9.76. The molecule has 1 aromatic carbocycles. The molecule has 0 aliphatic carbocycles. The molecule has 3 aromatic rings. The number of piperidine rings is 1. The molecule has 0 amide bonds. The summed E-state index contributed by atoms with van der Waals surface area (Å²) in [5.74, 6) is 0.842. The first kappa shape index (κ1) is 18.8. The monoisotopic (exact) mass is 377 g/mol. The summed E-state index contributed by atoms with van der Waals surface area (Å²) in [6, 6.07) is 12.3. The molecule has 4 rings (SSSR count). The van der Waals surface area contributed by atoms with Crippen LogP contribution < -0.4 is 4.74 Å². The van der Waals surface area contributed by atoms with Crippen LogP contribution in [0.3, 0.4) is 0 Å². The van der Waals surface area contributed by atoms with Gasteiger partial charge >= 0.3 is 0 Å². The number of likely N-dealkylation sites (tertiary alicyclic amines) is 1. The minimum Gasteiger partial charge on any atom is -0.496 e. The highest BCUT2D eigenvalue weighted by Gasteiger charge is 2.28. The minimum absolute atomic E-state index is 0.0178. The molecule has 1 aliphatic heterocycles. The highest BCUT2D eigenvalue weighted by molar-refractivity contribution is 5.81. The van der Waals surface area contributed by atoms with Crippen molar-refractivity contribution in [2.75, 3.05) is 27.2 Å². The van der Waals surface area contributed by atoms with Gasteiger partial charge < -0.3 is 14.7 Å². The Morgan fingerprint density at radius 2 is 1.89 bits per heavy atom. The lowest BCUT2D eigenvalue weighted by Crippen LogP contribution is -2.39. The average molecular weight is 377 g/mol. The molecule has 0 saturated carbocycles. The fraction of sp³-hybridized carbons (Fsp3) is 0.391. The Hall–Kier alpha value is -2.50. The zero-order chi connectivity index (χ0) is 19.8. The number of nitrogens with zero attached hydrogens (tertiary/aromatic N) is 3. The van der Waals surface area contributed by atoms with Crippen LogP contribution in [0.15, 0.2) is 36.4 Å². The smallest absolute Gasteiger partial charge is 0.160 e. The number of rotatable bonds is 3. The fourth-order valence-corrected chi connectivity index (χ4v) is 4.17. The van der Waals surface area contributed by atoms with Gasteiger partial charge in [0.2, 0.25) is 0 Å². The van der Waals surface area contributed by atoms with Crippen LogP contribution in [0.4, 0.5) is 0 Å². The number of aromatic nitrogens is 2. The van der Waals surface area contributed by atoms with Gasteiger partial charge in [-0.15, -0.1) is 0 Å². The van der Waals surface area contributed by atoms with Gasteiger partial charge in [-0.25, -0.2) is 9.97 Å². The first-order valence-corrected chi connectivity index (χ1v) is 9.76. The molecule has 2 unspecified atom stereocenters. The molecule has 2 atom stereocenters. The Balaban J connectivity index is 1.79. The van der Waals surface area contributed by atoms with E-state index in [2.05, 4.69) is 44.0 Å². The Kier molecular flexibility index (Phi) is 5.04. The minimum atomic E-state index is -0.358. The van der Waals surface area contributed by atoms with Crippen molar-refractivity contribution in [3.05, 3.63) is 53.2 Å². The first-order chi connectivity index (χ1) is 13.5. The third-order valence-corrected chi connectivity index (χ3v) is 5.65. The second-order valence-corrected chi connectivity index (χ2v) is 7.86. The van der Waals surface area contributed by atoms with Gasteiger partial charge in [0.25, 0.3) is 0 Å². The second-order valence-electron chi connectivity index (χ2n) is 7.86. The Bertz CT molecular complexity index is 1020.